The van der Waals surface area contributed by atoms with Gasteiger partial charge in [0, 0.05) is 12.6 Å². The third kappa shape index (κ3) is 4.91. The van der Waals surface area contributed by atoms with Crippen molar-refractivity contribution < 1.29 is 9.18 Å². The lowest BCUT2D eigenvalue weighted by Gasteiger charge is -2.20. The normalized spacial score (nSPS) is 11.1. The molecule has 1 rings (SSSR count). The minimum absolute atomic E-state index is 0.215. The molecule has 0 saturated heterocycles. The van der Waals surface area contributed by atoms with Crippen molar-refractivity contribution in [2.24, 2.45) is 0 Å². The SMILES string of the molecule is CC(C)N(C)CCCNC(=O)c1cccc(F)c1Br. The van der Waals surface area contributed by atoms with Crippen LogP contribution in [0.2, 0.25) is 0 Å². The highest BCUT2D eigenvalue weighted by Gasteiger charge is 2.12. The van der Waals surface area contributed by atoms with E-state index in [9.17, 15) is 9.18 Å². The number of carbonyl (C=O) groups is 1. The molecule has 1 aromatic carbocycles. The quantitative estimate of drug-likeness (QED) is 0.813. The summed E-state index contributed by atoms with van der Waals surface area (Å²) in [7, 11) is 2.05. The van der Waals surface area contributed by atoms with Crippen LogP contribution in [0, 0.1) is 5.82 Å². The summed E-state index contributed by atoms with van der Waals surface area (Å²) in [5.41, 5.74) is 0.331. The number of hydrogen-bond acceptors (Lipinski definition) is 2. The average molecular weight is 331 g/mol. The molecular weight excluding hydrogens is 311 g/mol. The van der Waals surface area contributed by atoms with E-state index in [1.807, 2.05) is 0 Å². The monoisotopic (exact) mass is 330 g/mol. The number of benzene rings is 1. The van der Waals surface area contributed by atoms with Crippen LogP contribution in [0.15, 0.2) is 22.7 Å². The zero-order valence-electron chi connectivity index (χ0n) is 11.5. The van der Waals surface area contributed by atoms with Crippen molar-refractivity contribution in [3.8, 4) is 0 Å². The lowest BCUT2D eigenvalue weighted by molar-refractivity contribution is 0.0950. The number of carbonyl (C=O) groups excluding carboxylic acids is 1. The maximum absolute atomic E-state index is 13.3. The topological polar surface area (TPSA) is 32.3 Å². The van der Waals surface area contributed by atoms with Crippen molar-refractivity contribution in [1.29, 1.82) is 0 Å². The molecule has 0 aliphatic carbocycles. The minimum atomic E-state index is -0.424. The highest BCUT2D eigenvalue weighted by atomic mass is 79.9. The van der Waals surface area contributed by atoms with Gasteiger partial charge in [0.25, 0.3) is 5.91 Å². The smallest absolute Gasteiger partial charge is 0.252 e. The Balaban J connectivity index is 2.42. The first-order chi connectivity index (χ1) is 8.93. The van der Waals surface area contributed by atoms with E-state index in [-0.39, 0.29) is 10.4 Å². The van der Waals surface area contributed by atoms with Crippen LogP contribution in [-0.2, 0) is 0 Å². The third-order valence-corrected chi connectivity index (χ3v) is 3.86. The molecule has 5 heteroatoms. The average Bonchev–Trinajstić information content (AvgIpc) is 2.37. The number of halogens is 2. The van der Waals surface area contributed by atoms with E-state index in [1.54, 1.807) is 6.07 Å². The van der Waals surface area contributed by atoms with Crippen molar-refractivity contribution in [3.05, 3.63) is 34.1 Å². The van der Waals surface area contributed by atoms with E-state index in [4.69, 9.17) is 0 Å². The molecule has 1 amide bonds. The molecule has 1 N–H and O–H groups in total. The summed E-state index contributed by atoms with van der Waals surface area (Å²) >= 11 is 3.09. The number of nitrogens with zero attached hydrogens (tertiary/aromatic N) is 1. The Morgan fingerprint density at radius 1 is 1.47 bits per heavy atom. The highest BCUT2D eigenvalue weighted by molar-refractivity contribution is 9.10. The number of hydrogen-bond donors (Lipinski definition) is 1. The second-order valence-corrected chi connectivity index (χ2v) is 5.58. The van der Waals surface area contributed by atoms with Crippen LogP contribution in [-0.4, -0.2) is 37.0 Å². The Morgan fingerprint density at radius 2 is 2.16 bits per heavy atom. The summed E-state index contributed by atoms with van der Waals surface area (Å²) < 4.78 is 13.5. The molecule has 0 unspecified atom stereocenters. The highest BCUT2D eigenvalue weighted by Crippen LogP contribution is 2.20. The second-order valence-electron chi connectivity index (χ2n) is 4.79. The van der Waals surface area contributed by atoms with Crippen molar-refractivity contribution >= 4 is 21.8 Å². The Bertz CT molecular complexity index is 437. The standard InChI is InChI=1S/C14H20BrFN2O/c1-10(2)18(3)9-5-8-17-14(19)11-6-4-7-12(16)13(11)15/h4,6-7,10H,5,8-9H2,1-3H3,(H,17,19). The third-order valence-electron chi connectivity index (χ3n) is 3.05. The zero-order chi connectivity index (χ0) is 14.4. The van der Waals surface area contributed by atoms with Crippen LogP contribution in [0.25, 0.3) is 0 Å². The first-order valence-corrected chi connectivity index (χ1v) is 7.15. The van der Waals surface area contributed by atoms with Crippen LogP contribution in [0.5, 0.6) is 0 Å². The summed E-state index contributed by atoms with van der Waals surface area (Å²) in [4.78, 5) is 14.1. The van der Waals surface area contributed by atoms with Crippen LogP contribution >= 0.6 is 15.9 Å². The maximum atomic E-state index is 13.3. The van der Waals surface area contributed by atoms with Gasteiger partial charge in [0.05, 0.1) is 10.0 Å². The molecule has 0 aliphatic heterocycles. The summed E-state index contributed by atoms with van der Waals surface area (Å²) in [5.74, 6) is -0.675. The van der Waals surface area contributed by atoms with Crippen LogP contribution in [0.4, 0.5) is 4.39 Å². The number of nitrogens with one attached hydrogen (secondary N) is 1. The molecule has 0 bridgehead atoms. The van der Waals surface area contributed by atoms with Gasteiger partial charge < -0.3 is 10.2 Å². The molecule has 1 aromatic rings. The predicted octanol–water partition coefficient (Wildman–Crippen LogP) is 3.05. The molecule has 3 nitrogen and oxygen atoms in total. The fourth-order valence-corrected chi connectivity index (χ4v) is 2.01. The van der Waals surface area contributed by atoms with Gasteiger partial charge in [-0.15, -0.1) is 0 Å². The first kappa shape index (κ1) is 16.1. The van der Waals surface area contributed by atoms with E-state index in [0.717, 1.165) is 13.0 Å². The molecule has 106 valence electrons. The molecular formula is C14H20BrFN2O. The fraction of sp³-hybridized carbons (Fsp3) is 0.500. The lowest BCUT2D eigenvalue weighted by atomic mass is 10.2. The van der Waals surface area contributed by atoms with Gasteiger partial charge in [0.2, 0.25) is 0 Å². The Morgan fingerprint density at radius 3 is 2.79 bits per heavy atom. The van der Waals surface area contributed by atoms with E-state index >= 15 is 0 Å². The van der Waals surface area contributed by atoms with Crippen LogP contribution in [0.1, 0.15) is 30.6 Å². The minimum Gasteiger partial charge on any atom is -0.352 e. The van der Waals surface area contributed by atoms with Gasteiger partial charge in [-0.25, -0.2) is 4.39 Å². The lowest BCUT2D eigenvalue weighted by Crippen LogP contribution is -2.31. The maximum Gasteiger partial charge on any atom is 0.252 e. The molecule has 0 atom stereocenters. The zero-order valence-corrected chi connectivity index (χ0v) is 13.1. The Kier molecular flexibility index (Phi) is 6.45. The van der Waals surface area contributed by atoms with Gasteiger partial charge in [0.1, 0.15) is 5.82 Å². The molecule has 0 saturated carbocycles. The van der Waals surface area contributed by atoms with E-state index in [2.05, 4.69) is 47.0 Å². The van der Waals surface area contributed by atoms with Crippen molar-refractivity contribution in [3.63, 3.8) is 0 Å². The van der Waals surface area contributed by atoms with Gasteiger partial charge in [-0.1, -0.05) is 6.07 Å². The van der Waals surface area contributed by atoms with Gasteiger partial charge in [0.15, 0.2) is 0 Å². The molecule has 0 aliphatic rings. The largest absolute Gasteiger partial charge is 0.352 e. The second kappa shape index (κ2) is 7.60. The predicted molar refractivity (Wildman–Crippen MR) is 78.8 cm³/mol. The fourth-order valence-electron chi connectivity index (χ4n) is 1.56. The molecule has 0 fully saturated rings. The van der Waals surface area contributed by atoms with Crippen molar-refractivity contribution in [2.75, 3.05) is 20.1 Å². The summed E-state index contributed by atoms with van der Waals surface area (Å²) in [6.45, 7) is 5.76. The Hall–Kier alpha value is -0.940. The molecule has 0 spiro atoms. The molecule has 0 heterocycles. The Labute approximate surface area is 122 Å². The van der Waals surface area contributed by atoms with Crippen molar-refractivity contribution in [2.45, 2.75) is 26.3 Å². The van der Waals surface area contributed by atoms with E-state index in [1.165, 1.54) is 12.1 Å². The van der Waals surface area contributed by atoms with E-state index < -0.39 is 5.82 Å². The number of amides is 1. The summed E-state index contributed by atoms with van der Waals surface area (Å²) in [6, 6.07) is 4.94. The van der Waals surface area contributed by atoms with E-state index in [0.29, 0.717) is 18.2 Å². The van der Waals surface area contributed by atoms with Crippen LogP contribution in [0.3, 0.4) is 0 Å². The number of rotatable bonds is 6. The van der Waals surface area contributed by atoms with Gasteiger partial charge in [-0.2, -0.15) is 0 Å². The molecule has 0 radical (unpaired) electrons. The summed E-state index contributed by atoms with van der Waals surface area (Å²) in [6.07, 6.45) is 0.868. The van der Waals surface area contributed by atoms with Gasteiger partial charge in [-0.3, -0.25) is 4.79 Å². The summed E-state index contributed by atoms with van der Waals surface area (Å²) in [5, 5.41) is 2.80. The van der Waals surface area contributed by atoms with Gasteiger partial charge in [-0.05, 0) is 61.9 Å². The van der Waals surface area contributed by atoms with Crippen LogP contribution < -0.4 is 5.32 Å². The van der Waals surface area contributed by atoms with Crippen molar-refractivity contribution in [1.82, 2.24) is 10.2 Å². The first-order valence-electron chi connectivity index (χ1n) is 6.36. The molecule has 0 aromatic heterocycles. The molecule has 19 heavy (non-hydrogen) atoms. The van der Waals surface area contributed by atoms with Gasteiger partial charge >= 0.3 is 0 Å².